The maximum atomic E-state index is 12.3. The molecule has 0 bridgehead atoms. The molecule has 4 rings (SSSR count). The molecule has 0 unspecified atom stereocenters. The minimum Gasteiger partial charge on any atom is -0.445 e. The molecule has 24 heavy (non-hydrogen) atoms. The van der Waals surface area contributed by atoms with Gasteiger partial charge in [-0.05, 0) is 29.7 Å². The Balaban J connectivity index is 1.49. The number of halogens is 1. The first-order valence-corrected chi connectivity index (χ1v) is 8.75. The number of benzene rings is 2. The van der Waals surface area contributed by atoms with Crippen LogP contribution < -0.4 is 0 Å². The number of nitrogens with zero attached hydrogens (tertiary/aromatic N) is 1. The van der Waals surface area contributed by atoms with Crippen LogP contribution in [0.3, 0.4) is 0 Å². The van der Waals surface area contributed by atoms with Crippen LogP contribution in [-0.4, -0.2) is 22.5 Å². The van der Waals surface area contributed by atoms with E-state index >= 15 is 0 Å². The summed E-state index contributed by atoms with van der Waals surface area (Å²) >= 11 is 3.62. The molecule has 0 fully saturated rings. The molecule has 5 heteroatoms. The summed E-state index contributed by atoms with van der Waals surface area (Å²) in [6.07, 6.45) is 0.570. The topological polar surface area (TPSA) is 45.3 Å². The highest BCUT2D eigenvalue weighted by Gasteiger charge is 2.25. The second-order valence-corrected chi connectivity index (χ2v) is 6.81. The molecule has 0 aliphatic carbocycles. The second-order valence-electron chi connectivity index (χ2n) is 5.96. The van der Waals surface area contributed by atoms with Gasteiger partial charge in [0.1, 0.15) is 6.61 Å². The van der Waals surface area contributed by atoms with Gasteiger partial charge in [0, 0.05) is 27.6 Å². The summed E-state index contributed by atoms with van der Waals surface area (Å²) in [5.41, 5.74) is 4.50. The molecule has 0 saturated heterocycles. The van der Waals surface area contributed by atoms with E-state index in [4.69, 9.17) is 4.74 Å². The lowest BCUT2D eigenvalue weighted by atomic mass is 10.0. The zero-order valence-corrected chi connectivity index (χ0v) is 14.7. The van der Waals surface area contributed by atoms with Crippen LogP contribution in [0, 0.1) is 0 Å². The van der Waals surface area contributed by atoms with Gasteiger partial charge in [0.15, 0.2) is 0 Å². The number of rotatable bonds is 2. The van der Waals surface area contributed by atoms with Gasteiger partial charge in [-0.15, -0.1) is 0 Å². The van der Waals surface area contributed by atoms with Gasteiger partial charge in [-0.25, -0.2) is 4.79 Å². The second kappa shape index (κ2) is 6.32. The third kappa shape index (κ3) is 2.80. The van der Waals surface area contributed by atoms with E-state index in [-0.39, 0.29) is 6.09 Å². The van der Waals surface area contributed by atoms with Crippen LogP contribution in [0.2, 0.25) is 0 Å². The number of amides is 1. The van der Waals surface area contributed by atoms with Gasteiger partial charge < -0.3 is 14.6 Å². The van der Waals surface area contributed by atoms with Crippen LogP contribution in [0.25, 0.3) is 10.9 Å². The van der Waals surface area contributed by atoms with Crippen molar-refractivity contribution in [3.05, 3.63) is 69.8 Å². The van der Waals surface area contributed by atoms with Crippen LogP contribution >= 0.6 is 15.9 Å². The van der Waals surface area contributed by atoms with Crippen molar-refractivity contribution in [3.63, 3.8) is 0 Å². The Bertz CT molecular complexity index is 889. The van der Waals surface area contributed by atoms with E-state index in [1.165, 1.54) is 10.9 Å². The van der Waals surface area contributed by atoms with Crippen molar-refractivity contribution in [1.29, 1.82) is 0 Å². The fourth-order valence-electron chi connectivity index (χ4n) is 3.22. The molecular formula is C19H17BrN2O2. The quantitative estimate of drug-likeness (QED) is 0.700. The summed E-state index contributed by atoms with van der Waals surface area (Å²) in [6, 6.07) is 15.9. The highest BCUT2D eigenvalue weighted by Crippen LogP contribution is 2.32. The summed E-state index contributed by atoms with van der Waals surface area (Å²) in [4.78, 5) is 17.5. The average Bonchev–Trinajstić information content (AvgIpc) is 2.99. The molecule has 0 atom stereocenters. The van der Waals surface area contributed by atoms with E-state index in [0.29, 0.717) is 19.7 Å². The van der Waals surface area contributed by atoms with Crippen LogP contribution in [0.5, 0.6) is 0 Å². The SMILES string of the molecule is O=C(OCc1ccccc1)N1CCc2c([nH]c3cccc(Br)c23)C1. The number of carbonyl (C=O) groups is 1. The third-order valence-electron chi connectivity index (χ3n) is 4.41. The van der Waals surface area contributed by atoms with E-state index in [1.807, 2.05) is 36.4 Å². The number of aromatic amines is 1. The van der Waals surface area contributed by atoms with Gasteiger partial charge in [0.2, 0.25) is 0 Å². The summed E-state index contributed by atoms with van der Waals surface area (Å²) in [7, 11) is 0. The van der Waals surface area contributed by atoms with Crippen molar-refractivity contribution in [3.8, 4) is 0 Å². The van der Waals surface area contributed by atoms with Crippen LogP contribution in [0.15, 0.2) is 53.0 Å². The fraction of sp³-hybridized carbons (Fsp3) is 0.211. The highest BCUT2D eigenvalue weighted by atomic mass is 79.9. The van der Waals surface area contributed by atoms with Gasteiger partial charge >= 0.3 is 6.09 Å². The Labute approximate surface area is 148 Å². The van der Waals surface area contributed by atoms with Crippen LogP contribution in [-0.2, 0) is 24.3 Å². The Hall–Kier alpha value is -2.27. The van der Waals surface area contributed by atoms with Crippen molar-refractivity contribution >= 4 is 32.9 Å². The van der Waals surface area contributed by atoms with Crippen molar-refractivity contribution in [2.75, 3.05) is 6.54 Å². The van der Waals surface area contributed by atoms with Gasteiger partial charge in [0.05, 0.1) is 6.54 Å². The normalized spacial score (nSPS) is 13.8. The van der Waals surface area contributed by atoms with Crippen LogP contribution in [0.1, 0.15) is 16.8 Å². The van der Waals surface area contributed by atoms with E-state index in [9.17, 15) is 4.79 Å². The largest absolute Gasteiger partial charge is 0.445 e. The lowest BCUT2D eigenvalue weighted by Crippen LogP contribution is -2.36. The predicted molar refractivity (Wildman–Crippen MR) is 96.7 cm³/mol. The Kier molecular flexibility index (Phi) is 4.02. The molecule has 1 N–H and O–H groups in total. The number of carbonyl (C=O) groups excluding carboxylic acids is 1. The smallest absolute Gasteiger partial charge is 0.410 e. The average molecular weight is 385 g/mol. The zero-order valence-electron chi connectivity index (χ0n) is 13.1. The van der Waals surface area contributed by atoms with E-state index in [2.05, 4.69) is 33.0 Å². The maximum absolute atomic E-state index is 12.3. The molecular weight excluding hydrogens is 368 g/mol. The van der Waals surface area contributed by atoms with E-state index < -0.39 is 0 Å². The number of hydrogen-bond donors (Lipinski definition) is 1. The Morgan fingerprint density at radius 3 is 2.83 bits per heavy atom. The van der Waals surface area contributed by atoms with Crippen molar-refractivity contribution in [2.45, 2.75) is 19.6 Å². The summed E-state index contributed by atoms with van der Waals surface area (Å²) in [5.74, 6) is 0. The van der Waals surface area contributed by atoms with Gasteiger partial charge in [-0.2, -0.15) is 0 Å². The highest BCUT2D eigenvalue weighted by molar-refractivity contribution is 9.10. The van der Waals surface area contributed by atoms with E-state index in [1.54, 1.807) is 4.90 Å². The summed E-state index contributed by atoms with van der Waals surface area (Å²) in [6.45, 7) is 1.54. The number of hydrogen-bond acceptors (Lipinski definition) is 2. The molecule has 1 aromatic heterocycles. The molecule has 1 aliphatic heterocycles. The van der Waals surface area contributed by atoms with Gasteiger partial charge in [-0.3, -0.25) is 0 Å². The maximum Gasteiger partial charge on any atom is 0.410 e. The lowest BCUT2D eigenvalue weighted by molar-refractivity contribution is 0.0915. The number of ether oxygens (including phenoxy) is 1. The van der Waals surface area contributed by atoms with Crippen LogP contribution in [0.4, 0.5) is 4.79 Å². The third-order valence-corrected chi connectivity index (χ3v) is 5.07. The first-order chi connectivity index (χ1) is 11.7. The van der Waals surface area contributed by atoms with Crippen molar-refractivity contribution in [1.82, 2.24) is 9.88 Å². The Morgan fingerprint density at radius 1 is 1.17 bits per heavy atom. The standard InChI is InChI=1S/C19H17BrN2O2/c20-15-7-4-8-16-18(15)14-9-10-22(11-17(14)21-16)19(23)24-12-13-5-2-1-3-6-13/h1-8,21H,9-12H2. The first kappa shape index (κ1) is 15.3. The minimum absolute atomic E-state index is 0.262. The number of H-pyrrole nitrogens is 1. The molecule has 2 heterocycles. The molecule has 3 aromatic rings. The predicted octanol–water partition coefficient (Wildman–Crippen LogP) is 4.63. The molecule has 2 aromatic carbocycles. The zero-order chi connectivity index (χ0) is 16.5. The summed E-state index contributed by atoms with van der Waals surface area (Å²) < 4.78 is 6.54. The molecule has 4 nitrogen and oxygen atoms in total. The lowest BCUT2D eigenvalue weighted by Gasteiger charge is -2.26. The monoisotopic (exact) mass is 384 g/mol. The van der Waals surface area contributed by atoms with Crippen molar-refractivity contribution in [2.24, 2.45) is 0 Å². The fourth-order valence-corrected chi connectivity index (χ4v) is 3.82. The molecule has 0 saturated carbocycles. The number of fused-ring (bicyclic) bond motifs is 3. The molecule has 0 spiro atoms. The van der Waals surface area contributed by atoms with Crippen molar-refractivity contribution < 1.29 is 9.53 Å². The first-order valence-electron chi connectivity index (χ1n) is 7.96. The van der Waals surface area contributed by atoms with Gasteiger partial charge in [-0.1, -0.05) is 52.3 Å². The summed E-state index contributed by atoms with van der Waals surface area (Å²) in [5, 5.41) is 1.23. The van der Waals surface area contributed by atoms with Gasteiger partial charge in [0.25, 0.3) is 0 Å². The number of aromatic nitrogens is 1. The molecule has 122 valence electrons. The number of nitrogens with one attached hydrogen (secondary N) is 1. The molecule has 1 aliphatic rings. The molecule has 1 amide bonds. The minimum atomic E-state index is -0.262. The Morgan fingerprint density at radius 2 is 2.00 bits per heavy atom. The van der Waals surface area contributed by atoms with E-state index in [0.717, 1.165) is 27.7 Å². The molecule has 0 radical (unpaired) electrons.